The van der Waals surface area contributed by atoms with E-state index in [0.717, 1.165) is 0 Å². The van der Waals surface area contributed by atoms with Crippen LogP contribution >= 0.6 is 23.2 Å². The highest BCUT2D eigenvalue weighted by molar-refractivity contribution is 6.32. The molecule has 6 heteroatoms. The summed E-state index contributed by atoms with van der Waals surface area (Å²) in [5.41, 5.74) is 0.0196. The summed E-state index contributed by atoms with van der Waals surface area (Å²) in [6.07, 6.45) is 0. The van der Waals surface area contributed by atoms with Crippen LogP contribution in [0.4, 0.5) is 0 Å². The standard InChI is InChI=1S/C12H15Cl2NO3/c1-12(2,3)18-5-4-17-11(16)8-6-9(13)15-10(14)7-8/h6-7H,4-5H2,1-3H3. The molecule has 1 rings (SSSR count). The van der Waals surface area contributed by atoms with Crippen LogP contribution in [0, 0.1) is 0 Å². The van der Waals surface area contributed by atoms with Gasteiger partial charge in [-0.25, -0.2) is 9.78 Å². The molecule has 0 radical (unpaired) electrons. The van der Waals surface area contributed by atoms with Gasteiger partial charge < -0.3 is 9.47 Å². The Morgan fingerprint density at radius 1 is 1.22 bits per heavy atom. The molecular weight excluding hydrogens is 277 g/mol. The van der Waals surface area contributed by atoms with Gasteiger partial charge in [-0.05, 0) is 32.9 Å². The highest BCUT2D eigenvalue weighted by Crippen LogP contribution is 2.15. The first kappa shape index (κ1) is 15.2. The Morgan fingerprint density at radius 3 is 2.28 bits per heavy atom. The third-order valence-corrected chi connectivity index (χ3v) is 2.24. The second-order valence-corrected chi connectivity index (χ2v) is 5.37. The van der Waals surface area contributed by atoms with Crippen LogP contribution in [0.25, 0.3) is 0 Å². The summed E-state index contributed by atoms with van der Waals surface area (Å²) in [7, 11) is 0. The molecule has 18 heavy (non-hydrogen) atoms. The molecule has 0 bridgehead atoms. The molecule has 0 aliphatic rings. The zero-order valence-electron chi connectivity index (χ0n) is 10.5. The number of rotatable bonds is 4. The Bertz CT molecular complexity index is 410. The molecule has 0 saturated carbocycles. The zero-order chi connectivity index (χ0) is 13.8. The third-order valence-electron chi connectivity index (χ3n) is 1.85. The molecule has 0 saturated heterocycles. The predicted molar refractivity (Wildman–Crippen MR) is 70.2 cm³/mol. The van der Waals surface area contributed by atoms with Gasteiger partial charge in [-0.2, -0.15) is 0 Å². The normalized spacial score (nSPS) is 11.4. The molecule has 0 aromatic carbocycles. The van der Waals surface area contributed by atoms with Gasteiger partial charge in [0, 0.05) is 0 Å². The van der Waals surface area contributed by atoms with Crippen molar-refractivity contribution < 1.29 is 14.3 Å². The molecule has 1 aromatic rings. The molecule has 0 aliphatic heterocycles. The molecule has 1 aromatic heterocycles. The minimum absolute atomic E-state index is 0.153. The number of carbonyl (C=O) groups is 1. The van der Waals surface area contributed by atoms with Gasteiger partial charge in [0.2, 0.25) is 0 Å². The van der Waals surface area contributed by atoms with Crippen LogP contribution in [-0.2, 0) is 9.47 Å². The number of hydrogen-bond acceptors (Lipinski definition) is 4. The van der Waals surface area contributed by atoms with Gasteiger partial charge in [0.25, 0.3) is 0 Å². The van der Waals surface area contributed by atoms with E-state index in [1.54, 1.807) is 0 Å². The summed E-state index contributed by atoms with van der Waals surface area (Å²) in [4.78, 5) is 15.4. The van der Waals surface area contributed by atoms with Gasteiger partial charge in [0.05, 0.1) is 17.8 Å². The lowest BCUT2D eigenvalue weighted by molar-refractivity contribution is -0.0281. The second-order valence-electron chi connectivity index (χ2n) is 4.60. The fraction of sp³-hybridized carbons (Fsp3) is 0.500. The number of nitrogens with zero attached hydrogens (tertiary/aromatic N) is 1. The SMILES string of the molecule is CC(C)(C)OCCOC(=O)c1cc(Cl)nc(Cl)c1. The number of esters is 1. The van der Waals surface area contributed by atoms with E-state index < -0.39 is 5.97 Å². The summed E-state index contributed by atoms with van der Waals surface area (Å²) in [5, 5.41) is 0.306. The molecule has 1 heterocycles. The molecule has 0 aliphatic carbocycles. The predicted octanol–water partition coefficient (Wildman–Crippen LogP) is 3.36. The highest BCUT2D eigenvalue weighted by atomic mass is 35.5. The van der Waals surface area contributed by atoms with Gasteiger partial charge in [0.15, 0.2) is 0 Å². The Labute approximate surface area is 116 Å². The smallest absolute Gasteiger partial charge is 0.338 e. The molecule has 0 atom stereocenters. The fourth-order valence-corrected chi connectivity index (χ4v) is 1.61. The Morgan fingerprint density at radius 2 is 1.78 bits per heavy atom. The largest absolute Gasteiger partial charge is 0.460 e. The Kier molecular flexibility index (Phi) is 5.38. The van der Waals surface area contributed by atoms with Crippen molar-refractivity contribution in [3.63, 3.8) is 0 Å². The van der Waals surface area contributed by atoms with Crippen LogP contribution in [0.5, 0.6) is 0 Å². The first-order valence-electron chi connectivity index (χ1n) is 5.42. The molecule has 4 nitrogen and oxygen atoms in total. The van der Waals surface area contributed by atoms with E-state index in [1.807, 2.05) is 20.8 Å². The molecule has 0 unspecified atom stereocenters. The summed E-state index contributed by atoms with van der Waals surface area (Å²) >= 11 is 11.4. The van der Waals surface area contributed by atoms with Crippen molar-refractivity contribution in [2.24, 2.45) is 0 Å². The molecular formula is C12H15Cl2NO3. The number of ether oxygens (including phenoxy) is 2. The van der Waals surface area contributed by atoms with Crippen molar-refractivity contribution in [1.29, 1.82) is 0 Å². The molecule has 0 spiro atoms. The first-order valence-corrected chi connectivity index (χ1v) is 6.18. The van der Waals surface area contributed by atoms with Crippen LogP contribution in [-0.4, -0.2) is 29.8 Å². The van der Waals surface area contributed by atoms with Gasteiger partial charge in [-0.15, -0.1) is 0 Å². The lowest BCUT2D eigenvalue weighted by atomic mass is 10.2. The quantitative estimate of drug-likeness (QED) is 0.485. The second kappa shape index (κ2) is 6.36. The minimum Gasteiger partial charge on any atom is -0.460 e. The van der Waals surface area contributed by atoms with E-state index in [-0.39, 0.29) is 28.1 Å². The van der Waals surface area contributed by atoms with E-state index >= 15 is 0 Å². The highest BCUT2D eigenvalue weighted by Gasteiger charge is 2.12. The first-order chi connectivity index (χ1) is 8.28. The van der Waals surface area contributed by atoms with Gasteiger partial charge in [-0.1, -0.05) is 23.2 Å². The fourth-order valence-electron chi connectivity index (χ4n) is 1.15. The van der Waals surface area contributed by atoms with Crippen molar-refractivity contribution in [3.05, 3.63) is 28.0 Å². The maximum Gasteiger partial charge on any atom is 0.338 e. The molecule has 100 valence electrons. The summed E-state index contributed by atoms with van der Waals surface area (Å²) in [6.45, 7) is 6.29. The monoisotopic (exact) mass is 291 g/mol. The van der Waals surface area contributed by atoms with Crippen LogP contribution in [0.3, 0.4) is 0 Å². The van der Waals surface area contributed by atoms with E-state index in [9.17, 15) is 4.79 Å². The van der Waals surface area contributed by atoms with Crippen molar-refractivity contribution in [2.75, 3.05) is 13.2 Å². The minimum atomic E-state index is -0.501. The van der Waals surface area contributed by atoms with Gasteiger partial charge >= 0.3 is 5.97 Å². The molecule has 0 fully saturated rings. The van der Waals surface area contributed by atoms with Crippen molar-refractivity contribution in [2.45, 2.75) is 26.4 Å². The third kappa shape index (κ3) is 5.67. The van der Waals surface area contributed by atoms with Gasteiger partial charge in [0.1, 0.15) is 16.9 Å². The van der Waals surface area contributed by atoms with Crippen LogP contribution in [0.15, 0.2) is 12.1 Å². The summed E-state index contributed by atoms with van der Waals surface area (Å²) in [5.74, 6) is -0.501. The van der Waals surface area contributed by atoms with Crippen LogP contribution in [0.2, 0.25) is 10.3 Å². The molecule has 0 N–H and O–H groups in total. The summed E-state index contributed by atoms with van der Waals surface area (Å²) < 4.78 is 10.4. The van der Waals surface area contributed by atoms with Gasteiger partial charge in [-0.3, -0.25) is 0 Å². The van der Waals surface area contributed by atoms with E-state index in [2.05, 4.69) is 4.98 Å². The van der Waals surface area contributed by atoms with E-state index in [1.165, 1.54) is 12.1 Å². The maximum absolute atomic E-state index is 11.7. The number of pyridine rings is 1. The average Bonchev–Trinajstić information content (AvgIpc) is 2.21. The van der Waals surface area contributed by atoms with E-state index in [0.29, 0.717) is 6.61 Å². The lowest BCUT2D eigenvalue weighted by Gasteiger charge is -2.19. The number of halogens is 2. The van der Waals surface area contributed by atoms with Crippen molar-refractivity contribution in [1.82, 2.24) is 4.98 Å². The van der Waals surface area contributed by atoms with Crippen LogP contribution in [0.1, 0.15) is 31.1 Å². The summed E-state index contributed by atoms with van der Waals surface area (Å²) in [6, 6.07) is 2.81. The lowest BCUT2D eigenvalue weighted by Crippen LogP contribution is -2.22. The Balaban J connectivity index is 2.46. The number of aromatic nitrogens is 1. The van der Waals surface area contributed by atoms with E-state index in [4.69, 9.17) is 32.7 Å². The maximum atomic E-state index is 11.7. The topological polar surface area (TPSA) is 48.4 Å². The van der Waals surface area contributed by atoms with Crippen molar-refractivity contribution >= 4 is 29.2 Å². The number of carbonyl (C=O) groups excluding carboxylic acids is 1. The average molecular weight is 292 g/mol. The molecule has 0 amide bonds. The zero-order valence-corrected chi connectivity index (χ0v) is 12.0. The van der Waals surface area contributed by atoms with Crippen LogP contribution < -0.4 is 0 Å². The van der Waals surface area contributed by atoms with Crippen molar-refractivity contribution in [3.8, 4) is 0 Å². The Hall–Kier alpha value is -0.840. The number of hydrogen-bond donors (Lipinski definition) is 0.